The van der Waals surface area contributed by atoms with Gasteiger partial charge in [-0.15, -0.1) is 0 Å². The van der Waals surface area contributed by atoms with Crippen LogP contribution in [0.2, 0.25) is 0 Å². The van der Waals surface area contributed by atoms with Crippen LogP contribution in [-0.4, -0.2) is 30.4 Å². The van der Waals surface area contributed by atoms with Gasteiger partial charge in [0.25, 0.3) is 0 Å². The van der Waals surface area contributed by atoms with Crippen molar-refractivity contribution in [2.75, 3.05) is 0 Å². The largest absolute Gasteiger partial charge is 0.240 e. The molecule has 0 bridgehead atoms. The van der Waals surface area contributed by atoms with Crippen molar-refractivity contribution in [3.05, 3.63) is 119 Å². The van der Waals surface area contributed by atoms with Crippen molar-refractivity contribution in [1.29, 1.82) is 0 Å². The Labute approximate surface area is 251 Å². The second-order valence-electron chi connectivity index (χ2n) is 9.92. The third kappa shape index (κ3) is 4.92. The van der Waals surface area contributed by atoms with Gasteiger partial charge >= 0.3 is 0 Å². The molecule has 0 aliphatic heterocycles. The summed E-state index contributed by atoms with van der Waals surface area (Å²) in [5.41, 5.74) is 2.23. The fourth-order valence-electron chi connectivity index (χ4n) is 6.43. The van der Waals surface area contributed by atoms with E-state index in [1.54, 1.807) is 109 Å². The summed E-state index contributed by atoms with van der Waals surface area (Å²) in [5, 5.41) is 0. The zero-order chi connectivity index (χ0) is 31.0. The lowest BCUT2D eigenvalue weighted by atomic mass is 9.52. The second-order valence-corrected chi connectivity index (χ2v) is 9.92. The van der Waals surface area contributed by atoms with Crippen LogP contribution in [0.1, 0.15) is 40.7 Å². The minimum atomic E-state index is -1.36. The highest BCUT2D eigenvalue weighted by Gasteiger charge is 2.58. The second kappa shape index (κ2) is 12.7. The molecule has 0 fully saturated rings. The van der Waals surface area contributed by atoms with Crippen molar-refractivity contribution in [3.63, 3.8) is 0 Å². The predicted octanol–water partition coefficient (Wildman–Crippen LogP) is 6.46. The SMILES string of the molecule is O=C=Nc1ccc(C(c2ccc(N=C=O)cc2)(c2ccc(N=C=O)cc2)C2(N=C=O)CCCc3c(N=C=O)cccc32)cc1. The Hall–Kier alpha value is -6.22. The number of carbonyl (C=O) groups excluding carboxylic acids is 5. The number of isocyanates is 5. The monoisotopic (exact) mass is 579 g/mol. The van der Waals surface area contributed by atoms with Crippen molar-refractivity contribution in [2.45, 2.75) is 30.2 Å². The van der Waals surface area contributed by atoms with Gasteiger partial charge in [0.2, 0.25) is 30.4 Å². The van der Waals surface area contributed by atoms with Crippen molar-refractivity contribution in [3.8, 4) is 0 Å². The normalized spacial score (nSPS) is 16.2. The van der Waals surface area contributed by atoms with Gasteiger partial charge in [-0.05, 0) is 89.5 Å². The zero-order valence-electron chi connectivity index (χ0n) is 23.1. The highest BCUT2D eigenvalue weighted by atomic mass is 16.1. The van der Waals surface area contributed by atoms with Crippen LogP contribution < -0.4 is 0 Å². The highest BCUT2D eigenvalue weighted by molar-refractivity contribution is 5.67. The van der Waals surface area contributed by atoms with Gasteiger partial charge in [0.05, 0.1) is 28.2 Å². The topological polar surface area (TPSA) is 147 Å². The number of rotatable bonds is 9. The maximum absolute atomic E-state index is 12.5. The van der Waals surface area contributed by atoms with E-state index < -0.39 is 11.0 Å². The van der Waals surface area contributed by atoms with Gasteiger partial charge in [0.15, 0.2) is 0 Å². The maximum Gasteiger partial charge on any atom is 0.240 e. The van der Waals surface area contributed by atoms with E-state index in [0.717, 1.165) is 5.56 Å². The number of benzene rings is 4. The smallest absolute Gasteiger partial charge is 0.211 e. The van der Waals surface area contributed by atoms with Crippen LogP contribution in [0.25, 0.3) is 0 Å². The van der Waals surface area contributed by atoms with Gasteiger partial charge in [-0.25, -0.2) is 24.0 Å². The van der Waals surface area contributed by atoms with Crippen LogP contribution in [0.5, 0.6) is 0 Å². The molecule has 1 unspecified atom stereocenters. The summed E-state index contributed by atoms with van der Waals surface area (Å²) in [7, 11) is 0. The van der Waals surface area contributed by atoms with Crippen molar-refractivity contribution < 1.29 is 24.0 Å². The van der Waals surface area contributed by atoms with E-state index >= 15 is 0 Å². The summed E-state index contributed by atoms with van der Waals surface area (Å²) in [4.78, 5) is 76.7. The number of hydrogen-bond acceptors (Lipinski definition) is 10. The van der Waals surface area contributed by atoms with Crippen LogP contribution in [0.15, 0.2) is 116 Å². The van der Waals surface area contributed by atoms with Crippen molar-refractivity contribution >= 4 is 53.1 Å². The van der Waals surface area contributed by atoms with E-state index in [0.29, 0.717) is 64.3 Å². The molecule has 1 atom stereocenters. The Balaban J connectivity index is 2.01. The number of aliphatic imine (C=N–C) groups is 5. The van der Waals surface area contributed by atoms with E-state index in [2.05, 4.69) is 25.0 Å². The molecule has 212 valence electrons. The Bertz CT molecular complexity index is 1810. The number of hydrogen-bond donors (Lipinski definition) is 0. The number of nitrogens with zero attached hydrogens (tertiary/aromatic N) is 5. The summed E-state index contributed by atoms with van der Waals surface area (Å²) in [5.74, 6) is 0. The van der Waals surface area contributed by atoms with Crippen LogP contribution in [0, 0.1) is 0 Å². The third-order valence-corrected chi connectivity index (χ3v) is 8.01. The van der Waals surface area contributed by atoms with Crippen LogP contribution >= 0.6 is 0 Å². The fraction of sp³-hybridized carbons (Fsp3) is 0.147. The van der Waals surface area contributed by atoms with Crippen LogP contribution in [0.3, 0.4) is 0 Å². The molecule has 10 nitrogen and oxygen atoms in total. The van der Waals surface area contributed by atoms with Gasteiger partial charge < -0.3 is 0 Å². The molecule has 1 aliphatic rings. The van der Waals surface area contributed by atoms with Crippen LogP contribution in [0.4, 0.5) is 22.7 Å². The molecule has 0 saturated heterocycles. The predicted molar refractivity (Wildman–Crippen MR) is 160 cm³/mol. The molecule has 0 aromatic heterocycles. The Morgan fingerprint density at radius 2 is 1.00 bits per heavy atom. The lowest BCUT2D eigenvalue weighted by Crippen LogP contribution is -2.51. The minimum absolute atomic E-state index is 0.364. The fourth-order valence-corrected chi connectivity index (χ4v) is 6.43. The summed E-state index contributed by atoms with van der Waals surface area (Å²) in [6, 6.07) is 25.9. The molecular formula is C34H21N5O5. The standard InChI is InChI=1S/C34H21N5O5/c40-19-35-27-12-6-24(7-13-27)34(25-8-14-28(15-9-25)36-20-41,26-10-16-29(17-11-26)37-21-42)33(39-23-44)18-2-3-30-31(33)4-1-5-32(30)38-22-43/h1,4-17H,2-3,18H2. The molecular weight excluding hydrogens is 558 g/mol. The summed E-state index contributed by atoms with van der Waals surface area (Å²) in [6.45, 7) is 0. The summed E-state index contributed by atoms with van der Waals surface area (Å²) >= 11 is 0. The quantitative estimate of drug-likeness (QED) is 0.127. The molecule has 0 N–H and O–H groups in total. The molecule has 4 aromatic carbocycles. The first-order valence-electron chi connectivity index (χ1n) is 13.4. The Morgan fingerprint density at radius 3 is 1.41 bits per heavy atom. The molecule has 0 heterocycles. The molecule has 0 radical (unpaired) electrons. The minimum Gasteiger partial charge on any atom is -0.211 e. The van der Waals surface area contributed by atoms with E-state index in [4.69, 9.17) is 0 Å². The lowest BCUT2D eigenvalue weighted by molar-refractivity contribution is 0.265. The van der Waals surface area contributed by atoms with E-state index in [9.17, 15) is 24.0 Å². The van der Waals surface area contributed by atoms with E-state index in [1.165, 1.54) is 0 Å². The maximum atomic E-state index is 12.5. The van der Waals surface area contributed by atoms with Crippen molar-refractivity contribution in [1.82, 2.24) is 0 Å². The molecule has 5 rings (SSSR count). The summed E-state index contributed by atoms with van der Waals surface area (Å²) < 4.78 is 0. The highest BCUT2D eigenvalue weighted by Crippen LogP contribution is 2.59. The van der Waals surface area contributed by atoms with Gasteiger partial charge in [-0.1, -0.05) is 48.5 Å². The number of fused-ring (bicyclic) bond motifs is 1. The lowest BCUT2D eigenvalue weighted by Gasteiger charge is -2.51. The molecule has 0 spiro atoms. The molecule has 10 heteroatoms. The van der Waals surface area contributed by atoms with Crippen LogP contribution in [-0.2, 0) is 41.3 Å². The van der Waals surface area contributed by atoms with Gasteiger partial charge in [0, 0.05) is 0 Å². The van der Waals surface area contributed by atoms with E-state index in [1.807, 2.05) is 12.1 Å². The average Bonchev–Trinajstić information content (AvgIpc) is 3.05. The van der Waals surface area contributed by atoms with Gasteiger partial charge in [-0.3, -0.25) is 0 Å². The van der Waals surface area contributed by atoms with Gasteiger partial charge in [0.1, 0.15) is 5.54 Å². The van der Waals surface area contributed by atoms with Crippen molar-refractivity contribution in [2.24, 2.45) is 25.0 Å². The third-order valence-electron chi connectivity index (χ3n) is 8.01. The molecule has 0 saturated carbocycles. The first-order valence-corrected chi connectivity index (χ1v) is 13.4. The summed E-state index contributed by atoms with van der Waals surface area (Å²) in [6.07, 6.45) is 9.60. The average molecular weight is 580 g/mol. The van der Waals surface area contributed by atoms with Gasteiger partial charge in [-0.2, -0.15) is 25.0 Å². The first kappa shape index (κ1) is 29.3. The molecule has 1 aliphatic carbocycles. The Kier molecular flexibility index (Phi) is 8.48. The molecule has 0 amide bonds. The zero-order valence-corrected chi connectivity index (χ0v) is 23.1. The first-order chi connectivity index (χ1) is 21.6. The molecule has 4 aromatic rings. The Morgan fingerprint density at radius 1 is 0.545 bits per heavy atom. The van der Waals surface area contributed by atoms with E-state index in [-0.39, 0.29) is 0 Å². The molecule has 44 heavy (non-hydrogen) atoms.